The van der Waals surface area contributed by atoms with Crippen LogP contribution in [0.2, 0.25) is 0 Å². The highest BCUT2D eigenvalue weighted by Gasteiger charge is 2.48. The number of hydrogen-bond acceptors (Lipinski definition) is 7. The van der Waals surface area contributed by atoms with E-state index in [1.807, 2.05) is 0 Å². The van der Waals surface area contributed by atoms with Crippen molar-refractivity contribution in [3.8, 4) is 0 Å². The van der Waals surface area contributed by atoms with E-state index in [2.05, 4.69) is 0 Å². The molecule has 2 heterocycles. The zero-order chi connectivity index (χ0) is 11.3. The van der Waals surface area contributed by atoms with Crippen molar-refractivity contribution >= 4 is 21.8 Å². The molecule has 3 aliphatic rings. The first-order chi connectivity index (χ1) is 7.53. The summed E-state index contributed by atoms with van der Waals surface area (Å²) in [5.41, 5.74) is 0. The molecule has 2 saturated heterocycles. The summed E-state index contributed by atoms with van der Waals surface area (Å²) in [5, 5.41) is 0. The fourth-order valence-corrected chi connectivity index (χ4v) is 4.15. The standard InChI is InChI=1S/C7H10O7S2/c8-15-11-4-1-2-5-7(3-6(4)12-15)14-16(9,10)13-5/h4-7H,1-3H2. The van der Waals surface area contributed by atoms with E-state index < -0.39 is 34.0 Å². The molecule has 0 aromatic carbocycles. The highest BCUT2D eigenvalue weighted by molar-refractivity contribution is 7.82. The van der Waals surface area contributed by atoms with E-state index in [9.17, 15) is 12.6 Å². The predicted molar refractivity (Wildman–Crippen MR) is 50.4 cm³/mol. The van der Waals surface area contributed by atoms with Crippen molar-refractivity contribution in [1.82, 2.24) is 0 Å². The second-order valence-electron chi connectivity index (χ2n) is 3.96. The summed E-state index contributed by atoms with van der Waals surface area (Å²) in [6.45, 7) is 0. The summed E-state index contributed by atoms with van der Waals surface area (Å²) in [4.78, 5) is 0. The molecule has 0 aromatic heterocycles. The van der Waals surface area contributed by atoms with E-state index in [4.69, 9.17) is 16.7 Å². The maximum Gasteiger partial charge on any atom is 0.400 e. The zero-order valence-electron chi connectivity index (χ0n) is 8.10. The Morgan fingerprint density at radius 1 is 0.938 bits per heavy atom. The first-order valence-corrected chi connectivity index (χ1v) is 7.24. The largest absolute Gasteiger partial charge is 0.400 e. The Balaban J connectivity index is 1.79. The summed E-state index contributed by atoms with van der Waals surface area (Å²) < 4.78 is 52.9. The molecule has 16 heavy (non-hydrogen) atoms. The van der Waals surface area contributed by atoms with Gasteiger partial charge in [-0.2, -0.15) is 12.6 Å². The van der Waals surface area contributed by atoms with Gasteiger partial charge in [-0.15, -0.1) is 0 Å². The number of rotatable bonds is 0. The van der Waals surface area contributed by atoms with E-state index >= 15 is 0 Å². The van der Waals surface area contributed by atoms with Crippen molar-refractivity contribution in [3.63, 3.8) is 0 Å². The molecule has 0 aromatic rings. The van der Waals surface area contributed by atoms with Crippen LogP contribution < -0.4 is 0 Å². The normalized spacial score (nSPS) is 50.6. The SMILES string of the molecule is O=S1OC2CCC3OS(=O)(=O)OC3CC2O1. The third kappa shape index (κ3) is 1.91. The summed E-state index contributed by atoms with van der Waals surface area (Å²) in [7, 11) is -3.86. The smallest absolute Gasteiger partial charge is 0.262 e. The molecular weight excluding hydrogens is 260 g/mol. The Kier molecular flexibility index (Phi) is 2.57. The average Bonchev–Trinajstić information content (AvgIpc) is 2.61. The second kappa shape index (κ2) is 3.72. The fourth-order valence-electron chi connectivity index (χ4n) is 2.21. The lowest BCUT2D eigenvalue weighted by atomic mass is 10.1. The van der Waals surface area contributed by atoms with Crippen molar-refractivity contribution in [2.24, 2.45) is 0 Å². The minimum absolute atomic E-state index is 0.263. The molecule has 0 radical (unpaired) electrons. The average molecular weight is 270 g/mol. The van der Waals surface area contributed by atoms with E-state index in [0.29, 0.717) is 19.3 Å². The van der Waals surface area contributed by atoms with Gasteiger partial charge in [-0.1, -0.05) is 0 Å². The lowest BCUT2D eigenvalue weighted by Crippen LogP contribution is -2.27. The Morgan fingerprint density at radius 3 is 2.38 bits per heavy atom. The summed E-state index contributed by atoms with van der Waals surface area (Å²) >= 11 is -1.72. The monoisotopic (exact) mass is 270 g/mol. The molecule has 1 saturated carbocycles. The van der Waals surface area contributed by atoms with Crippen LogP contribution in [0.3, 0.4) is 0 Å². The minimum Gasteiger partial charge on any atom is -0.262 e. The Hall–Kier alpha value is -0.0600. The molecule has 9 heteroatoms. The van der Waals surface area contributed by atoms with Gasteiger partial charge in [0.2, 0.25) is 0 Å². The van der Waals surface area contributed by atoms with E-state index in [0.717, 1.165) is 0 Å². The summed E-state index contributed by atoms with van der Waals surface area (Å²) in [5.74, 6) is 0. The van der Waals surface area contributed by atoms with Crippen LogP contribution in [0.4, 0.5) is 0 Å². The Bertz CT molecular complexity index is 418. The molecule has 0 amide bonds. The Labute approximate surface area is 95.2 Å². The Morgan fingerprint density at radius 2 is 1.56 bits per heavy atom. The molecule has 0 N–H and O–H groups in total. The molecule has 1 aliphatic carbocycles. The molecular formula is C7H10O7S2. The van der Waals surface area contributed by atoms with Gasteiger partial charge in [-0.3, -0.25) is 8.37 Å². The first kappa shape index (κ1) is 11.1. The highest BCUT2D eigenvalue weighted by atomic mass is 32.3. The third-order valence-corrected chi connectivity index (χ3v) is 4.69. The van der Waals surface area contributed by atoms with Gasteiger partial charge in [-0.25, -0.2) is 8.37 Å². The van der Waals surface area contributed by atoms with Crippen molar-refractivity contribution < 1.29 is 29.4 Å². The number of hydrogen-bond donors (Lipinski definition) is 0. The van der Waals surface area contributed by atoms with Gasteiger partial charge >= 0.3 is 21.8 Å². The van der Waals surface area contributed by atoms with Gasteiger partial charge in [0.05, 0.1) is 0 Å². The lowest BCUT2D eigenvalue weighted by Gasteiger charge is -2.12. The van der Waals surface area contributed by atoms with Crippen LogP contribution in [0.5, 0.6) is 0 Å². The van der Waals surface area contributed by atoms with Crippen molar-refractivity contribution in [2.45, 2.75) is 43.7 Å². The predicted octanol–water partition coefficient (Wildman–Crippen LogP) is -0.438. The second-order valence-corrected chi connectivity index (χ2v) is 5.96. The zero-order valence-corrected chi connectivity index (χ0v) is 9.74. The molecule has 5 unspecified atom stereocenters. The van der Waals surface area contributed by atoms with E-state index in [1.165, 1.54) is 0 Å². The number of fused-ring (bicyclic) bond motifs is 2. The van der Waals surface area contributed by atoms with Crippen LogP contribution in [0, 0.1) is 0 Å². The molecule has 3 rings (SSSR count). The molecule has 0 bridgehead atoms. The lowest BCUT2D eigenvalue weighted by molar-refractivity contribution is 0.103. The molecule has 3 fully saturated rings. The maximum absolute atomic E-state index is 11.1. The molecule has 5 atom stereocenters. The van der Waals surface area contributed by atoms with Crippen LogP contribution in [0.1, 0.15) is 19.3 Å². The topological polar surface area (TPSA) is 88.1 Å². The van der Waals surface area contributed by atoms with E-state index in [-0.39, 0.29) is 12.2 Å². The molecule has 7 nitrogen and oxygen atoms in total. The quantitative estimate of drug-likeness (QED) is 0.589. The molecule has 2 aliphatic heterocycles. The van der Waals surface area contributed by atoms with Crippen molar-refractivity contribution in [2.75, 3.05) is 0 Å². The van der Waals surface area contributed by atoms with Gasteiger partial charge < -0.3 is 0 Å². The van der Waals surface area contributed by atoms with Gasteiger partial charge in [-0.05, 0) is 12.8 Å². The van der Waals surface area contributed by atoms with Crippen LogP contribution in [-0.4, -0.2) is 37.0 Å². The van der Waals surface area contributed by atoms with E-state index in [1.54, 1.807) is 0 Å². The van der Waals surface area contributed by atoms with Gasteiger partial charge in [0, 0.05) is 6.42 Å². The summed E-state index contributed by atoms with van der Waals surface area (Å²) in [6.07, 6.45) is -0.313. The fraction of sp³-hybridized carbons (Fsp3) is 1.00. The molecule has 92 valence electrons. The van der Waals surface area contributed by atoms with Crippen LogP contribution in [0.25, 0.3) is 0 Å². The highest BCUT2D eigenvalue weighted by Crippen LogP contribution is 2.36. The van der Waals surface area contributed by atoms with Crippen molar-refractivity contribution in [3.05, 3.63) is 0 Å². The molecule has 0 spiro atoms. The maximum atomic E-state index is 11.1. The van der Waals surface area contributed by atoms with Crippen LogP contribution >= 0.6 is 0 Å². The minimum atomic E-state index is -3.86. The third-order valence-electron chi connectivity index (χ3n) is 2.92. The first-order valence-electron chi connectivity index (χ1n) is 4.91. The summed E-state index contributed by atoms with van der Waals surface area (Å²) in [6, 6.07) is 0. The van der Waals surface area contributed by atoms with Gasteiger partial charge in [0.1, 0.15) is 24.4 Å². The van der Waals surface area contributed by atoms with Gasteiger partial charge in [0.25, 0.3) is 0 Å². The van der Waals surface area contributed by atoms with Crippen LogP contribution in [-0.2, 0) is 38.5 Å². The van der Waals surface area contributed by atoms with Crippen molar-refractivity contribution in [1.29, 1.82) is 0 Å². The van der Waals surface area contributed by atoms with Gasteiger partial charge in [0.15, 0.2) is 0 Å². The van der Waals surface area contributed by atoms with Crippen LogP contribution in [0.15, 0.2) is 0 Å².